The van der Waals surface area contributed by atoms with Crippen LogP contribution >= 0.6 is 12.4 Å². The number of nitrogens with zero attached hydrogens (tertiary/aromatic N) is 8. The number of carbonyl (C=O) groups is 2. The molecular weight excluding hydrogens is 1120 g/mol. The predicted octanol–water partition coefficient (Wildman–Crippen LogP) is 11.9. The van der Waals surface area contributed by atoms with Crippen molar-refractivity contribution in [1.82, 2.24) is 38.7 Å². The fraction of sp³-hybridized carbons (Fsp3) is 0.333. The summed E-state index contributed by atoms with van der Waals surface area (Å²) in [6.45, 7) is -0.853. The van der Waals surface area contributed by atoms with Gasteiger partial charge < -0.3 is 29.4 Å². The zero-order valence-corrected chi connectivity index (χ0v) is 45.0. The molecule has 10 rings (SSSR count). The third-order valence-electron chi connectivity index (χ3n) is 13.7. The number of ether oxygens (including phenoxy) is 2. The number of ketones is 1. The monoisotopic (exact) mass is 1170 g/mol. The maximum atomic E-state index is 14.0. The number of Topliss-reactive ketones (excluding diaryl/α,β-unsaturated/α-hetero) is 1. The third kappa shape index (κ3) is 15.3. The molecule has 0 unspecified atom stereocenters. The number of carboxylic acids is 1. The van der Waals surface area contributed by atoms with E-state index in [1.165, 1.54) is 28.9 Å². The first-order valence-corrected chi connectivity index (χ1v) is 25.6. The van der Waals surface area contributed by atoms with Gasteiger partial charge in [-0.3, -0.25) is 19.0 Å². The van der Waals surface area contributed by atoms with Crippen LogP contribution in [0.3, 0.4) is 0 Å². The molecule has 0 aliphatic heterocycles. The normalized spacial score (nSPS) is 13.7. The molecule has 8 aromatic rings. The minimum Gasteiger partial charge on any atom is -0.497 e. The van der Waals surface area contributed by atoms with Gasteiger partial charge in [-0.15, -0.1) is 12.4 Å². The Bertz CT molecular complexity index is 3430. The Morgan fingerprint density at radius 3 is 1.43 bits per heavy atom. The van der Waals surface area contributed by atoms with E-state index in [9.17, 15) is 53.5 Å². The van der Waals surface area contributed by atoms with Crippen molar-refractivity contribution in [3.05, 3.63) is 190 Å². The largest absolute Gasteiger partial charge is 0.497 e. The Morgan fingerprint density at radius 1 is 0.598 bits per heavy atom. The summed E-state index contributed by atoms with van der Waals surface area (Å²) in [6.07, 6.45) is 2.12. The molecule has 0 radical (unpaired) electrons. The van der Waals surface area contributed by atoms with E-state index in [0.717, 1.165) is 46.8 Å². The molecule has 0 spiro atoms. The molecule has 4 heterocycles. The summed E-state index contributed by atoms with van der Waals surface area (Å²) in [5, 5.41) is 15.9. The number of rotatable bonds is 16. The number of methoxy groups -OCH3 is 2. The van der Waals surface area contributed by atoms with Crippen LogP contribution < -0.4 is 15.2 Å². The van der Waals surface area contributed by atoms with Crippen molar-refractivity contribution < 1.29 is 68.1 Å². The van der Waals surface area contributed by atoms with Crippen LogP contribution in [-0.2, 0) is 73.6 Å². The minimum absolute atomic E-state index is 0. The third-order valence-corrected chi connectivity index (χ3v) is 13.7. The number of carboxylic acid groups (broad SMARTS) is 1. The van der Waals surface area contributed by atoms with E-state index in [1.54, 1.807) is 67.8 Å². The molecule has 0 fully saturated rings. The van der Waals surface area contributed by atoms with Crippen LogP contribution in [0.25, 0.3) is 11.4 Å². The molecule has 4 aromatic carbocycles. The molecule has 82 heavy (non-hydrogen) atoms. The fourth-order valence-corrected chi connectivity index (χ4v) is 10.2. The number of nitrogens with two attached hydrogens (primary N) is 1. The zero-order chi connectivity index (χ0) is 58.2. The van der Waals surface area contributed by atoms with Gasteiger partial charge in [0.1, 0.15) is 53.0 Å². The number of imidazole rings is 2. The van der Waals surface area contributed by atoms with Gasteiger partial charge in [0, 0.05) is 83.1 Å². The van der Waals surface area contributed by atoms with Crippen LogP contribution in [0.2, 0.25) is 0 Å². The van der Waals surface area contributed by atoms with Gasteiger partial charge in [-0.05, 0) is 148 Å². The summed E-state index contributed by atoms with van der Waals surface area (Å²) in [5.41, 5.74) is 7.98. The Morgan fingerprint density at radius 2 is 1.00 bits per heavy atom. The molecule has 0 saturated carbocycles. The fourth-order valence-electron chi connectivity index (χ4n) is 10.2. The minimum atomic E-state index is -4.61. The molecule has 0 amide bonds. The number of benzene rings is 4. The lowest BCUT2D eigenvalue weighted by Crippen LogP contribution is -2.20. The number of carbonyl (C=O) groups excluding carboxylic acids is 1. The Hall–Kier alpha value is -7.99. The van der Waals surface area contributed by atoms with Crippen LogP contribution in [-0.4, -0.2) is 69.7 Å². The number of aliphatic carboxylic acids is 1. The number of hydrogen-bond donors (Lipinski definition) is 2. The smallest absolute Gasteiger partial charge is 0.435 e. The van der Waals surface area contributed by atoms with Crippen molar-refractivity contribution in [1.29, 1.82) is 0 Å². The first-order valence-electron chi connectivity index (χ1n) is 25.6. The molecule has 0 bridgehead atoms. The van der Waals surface area contributed by atoms with E-state index >= 15 is 0 Å². The van der Waals surface area contributed by atoms with E-state index in [4.69, 9.17) is 20.3 Å². The van der Waals surface area contributed by atoms with Crippen molar-refractivity contribution >= 4 is 24.2 Å². The quantitative estimate of drug-likeness (QED) is 0.0888. The van der Waals surface area contributed by atoms with Gasteiger partial charge in [0.15, 0.2) is 17.2 Å². The molecule has 2 atom stereocenters. The van der Waals surface area contributed by atoms with Crippen LogP contribution in [0.5, 0.6) is 11.5 Å². The van der Waals surface area contributed by atoms with Crippen molar-refractivity contribution in [3.63, 3.8) is 0 Å². The van der Waals surface area contributed by atoms with Crippen molar-refractivity contribution in [2.45, 2.75) is 108 Å². The molecular formula is C57H56ClF10N9O5. The standard InChI is InChI=1S/C29H27F5N4O2.C18H17F2N3O.C10H11F3N2O2.ClH/c1-40-24-8-6-22(7-9-24)37-11-10-35-28(37)19(12-18-13-20(30)16-21(31)14-18)15-23(39)17-38-26-5-3-2-4-25(26)27(36-38)29(32,33)34;1-24-16-4-2-15(3-5-16)23-7-6-22-18(23)17(21)10-12-8-13(19)11-14(20)9-12;11-10(12,13)9-6-3-1-2-4-7(6)15(14-9)5-8(16)17;/h6-11,13-14,16,19H,2-5,12,15,17H2,1H3;2-9,11,17H,10,21H2,1H3;1-5H2,(H,16,17);1H/t19-;17-;;/m01../s1. The Kier molecular flexibility index (Phi) is 20.1. The Labute approximate surface area is 469 Å². The lowest BCUT2D eigenvalue weighted by Gasteiger charge is -2.19. The number of alkyl halides is 6. The maximum absolute atomic E-state index is 14.0. The van der Waals surface area contributed by atoms with E-state index in [1.807, 2.05) is 28.8 Å². The van der Waals surface area contributed by atoms with Gasteiger partial charge in [-0.1, -0.05) is 0 Å². The first-order chi connectivity index (χ1) is 38.6. The molecule has 0 saturated heterocycles. The topological polar surface area (TPSA) is 170 Å². The molecule has 25 heteroatoms. The summed E-state index contributed by atoms with van der Waals surface area (Å²) in [5.74, 6) is -2.42. The van der Waals surface area contributed by atoms with Crippen LogP contribution in [0.4, 0.5) is 43.9 Å². The summed E-state index contributed by atoms with van der Waals surface area (Å²) in [6, 6.07) is 20.7. The lowest BCUT2D eigenvalue weighted by molar-refractivity contribution is -0.143. The highest BCUT2D eigenvalue weighted by atomic mass is 35.5. The SMILES string of the molecule is COc1ccc(-n2ccnc2[C@H](CC(=O)Cn2nc(C(F)(F)F)c3c2CCCC3)Cc2cc(F)cc(F)c2)cc1.COc1ccc(-n2ccnc2[C@H](N)Cc2cc(F)cc(F)c2)cc1.Cl.O=C(O)Cn1nc(C(F)(F)F)c2c1CCCC2. The predicted molar refractivity (Wildman–Crippen MR) is 282 cm³/mol. The molecule has 3 N–H and O–H groups in total. The highest BCUT2D eigenvalue weighted by Crippen LogP contribution is 2.38. The van der Waals surface area contributed by atoms with Crippen LogP contribution in [0.15, 0.2) is 110 Å². The van der Waals surface area contributed by atoms with E-state index < -0.39 is 71.5 Å². The second-order valence-corrected chi connectivity index (χ2v) is 19.4. The first kappa shape index (κ1) is 61.6. The van der Waals surface area contributed by atoms with Gasteiger partial charge in [-0.2, -0.15) is 36.5 Å². The lowest BCUT2D eigenvalue weighted by atomic mass is 9.92. The molecule has 2 aliphatic carbocycles. The van der Waals surface area contributed by atoms with Crippen molar-refractivity contribution in [3.8, 4) is 22.9 Å². The van der Waals surface area contributed by atoms with E-state index in [0.29, 0.717) is 72.0 Å². The van der Waals surface area contributed by atoms with Gasteiger partial charge in [-0.25, -0.2) is 27.5 Å². The summed E-state index contributed by atoms with van der Waals surface area (Å²) in [7, 11) is 3.15. The van der Waals surface area contributed by atoms with Gasteiger partial charge in [0.25, 0.3) is 0 Å². The highest BCUT2D eigenvalue weighted by molar-refractivity contribution is 5.85. The van der Waals surface area contributed by atoms with Gasteiger partial charge in [0.05, 0.1) is 26.8 Å². The molecule has 4 aromatic heterocycles. The summed E-state index contributed by atoms with van der Waals surface area (Å²) >= 11 is 0. The summed E-state index contributed by atoms with van der Waals surface area (Å²) in [4.78, 5) is 32.7. The highest BCUT2D eigenvalue weighted by Gasteiger charge is 2.41. The van der Waals surface area contributed by atoms with Crippen molar-refractivity contribution in [2.24, 2.45) is 5.73 Å². The van der Waals surface area contributed by atoms with Crippen molar-refractivity contribution in [2.75, 3.05) is 14.2 Å². The second kappa shape index (κ2) is 26.7. The number of aromatic nitrogens is 8. The van der Waals surface area contributed by atoms with E-state index in [-0.39, 0.29) is 61.5 Å². The van der Waals surface area contributed by atoms with Gasteiger partial charge in [0.2, 0.25) is 0 Å². The summed E-state index contributed by atoms with van der Waals surface area (Å²) < 4.78 is 150. The molecule has 436 valence electrons. The average molecular weight is 1170 g/mol. The molecule has 2 aliphatic rings. The van der Waals surface area contributed by atoms with Gasteiger partial charge >= 0.3 is 18.3 Å². The van der Waals surface area contributed by atoms with E-state index in [2.05, 4.69) is 20.2 Å². The van der Waals surface area contributed by atoms with Crippen LogP contribution in [0.1, 0.15) is 101 Å². The molecule has 14 nitrogen and oxygen atoms in total. The number of halogens is 11. The number of fused-ring (bicyclic) bond motifs is 2. The maximum Gasteiger partial charge on any atom is 0.435 e. The number of hydrogen-bond acceptors (Lipinski definition) is 9. The Balaban J connectivity index is 0.000000195. The van der Waals surface area contributed by atoms with Crippen LogP contribution in [0, 0.1) is 23.3 Å². The zero-order valence-electron chi connectivity index (χ0n) is 44.2. The average Bonchev–Trinajstić information content (AvgIpc) is 3.88. The second-order valence-electron chi connectivity index (χ2n) is 19.4.